The van der Waals surface area contributed by atoms with Gasteiger partial charge in [-0.3, -0.25) is 14.3 Å². The molecule has 0 aliphatic rings. The topological polar surface area (TPSA) is 111 Å². The third kappa shape index (κ3) is 6.12. The maximum Gasteiger partial charge on any atom is 0.296 e. The summed E-state index contributed by atoms with van der Waals surface area (Å²) in [6, 6.07) is 24.9. The van der Waals surface area contributed by atoms with E-state index in [0.717, 1.165) is 38.1 Å². The first-order valence-corrected chi connectivity index (χ1v) is 15.9. The molecule has 0 aliphatic carbocycles. The number of nitrogens with one attached hydrogen (secondary N) is 1. The van der Waals surface area contributed by atoms with Gasteiger partial charge in [0.1, 0.15) is 12.2 Å². The molecule has 2 aromatic heterocycles. The van der Waals surface area contributed by atoms with Gasteiger partial charge in [-0.15, -0.1) is 0 Å². The second-order valence-electron chi connectivity index (χ2n) is 11.0. The normalized spacial score (nSPS) is 11.7. The summed E-state index contributed by atoms with van der Waals surface area (Å²) in [5, 5.41) is 4.15. The molecule has 0 atom stereocenters. The molecule has 1 amide bonds. The number of carbonyl (C=O) groups excluding carboxylic acids is 1. The molecule has 5 aromatic rings. The lowest BCUT2D eigenvalue weighted by Gasteiger charge is -2.22. The highest BCUT2D eigenvalue weighted by Crippen LogP contribution is 2.26. The van der Waals surface area contributed by atoms with Gasteiger partial charge in [0.2, 0.25) is 0 Å². The molecule has 0 bridgehead atoms. The molecule has 10 nitrogen and oxygen atoms in total. The van der Waals surface area contributed by atoms with Crippen molar-refractivity contribution in [2.75, 3.05) is 10.8 Å². The van der Waals surface area contributed by atoms with Crippen LogP contribution in [-0.2, 0) is 21.9 Å². The van der Waals surface area contributed by atoms with Crippen LogP contribution in [-0.4, -0.2) is 41.0 Å². The van der Waals surface area contributed by atoms with Crippen LogP contribution in [0.5, 0.6) is 0 Å². The number of rotatable bonds is 9. The van der Waals surface area contributed by atoms with Gasteiger partial charge in [0.05, 0.1) is 22.5 Å². The van der Waals surface area contributed by atoms with Crippen molar-refractivity contribution >= 4 is 27.8 Å². The fourth-order valence-electron chi connectivity index (χ4n) is 5.58. The van der Waals surface area contributed by atoms with E-state index in [1.54, 1.807) is 61.1 Å². The Morgan fingerprint density at radius 2 is 1.44 bits per heavy atom. The van der Waals surface area contributed by atoms with Gasteiger partial charge in [-0.2, -0.15) is 5.10 Å². The maximum atomic E-state index is 13.9. The predicted octanol–water partition coefficient (Wildman–Crippen LogP) is 4.85. The number of para-hydroxylation sites is 1. The Bertz CT molecular complexity index is 2050. The second kappa shape index (κ2) is 12.4. The molecule has 0 saturated heterocycles. The van der Waals surface area contributed by atoms with Crippen LogP contribution in [0.2, 0.25) is 0 Å². The highest BCUT2D eigenvalue weighted by atomic mass is 32.2. The number of anilines is 1. The lowest BCUT2D eigenvalue weighted by Crippen LogP contribution is -2.42. The van der Waals surface area contributed by atoms with Gasteiger partial charge in [-0.1, -0.05) is 42.5 Å². The largest absolute Gasteiger partial charge is 0.318 e. The number of carbonyl (C=O) groups is 1. The molecule has 1 N–H and O–H groups in total. The summed E-state index contributed by atoms with van der Waals surface area (Å²) in [6.07, 6.45) is 1.53. The molecule has 0 aliphatic heterocycles. The number of hydrogen-bond acceptors (Lipinski definition) is 5. The quantitative estimate of drug-likeness (QED) is 0.187. The third-order valence-electron chi connectivity index (χ3n) is 7.72. The van der Waals surface area contributed by atoms with Crippen LogP contribution in [0.3, 0.4) is 0 Å². The summed E-state index contributed by atoms with van der Waals surface area (Å²) >= 11 is 0. The first-order valence-electron chi connectivity index (χ1n) is 14.4. The molecule has 3 aromatic carbocycles. The molecule has 11 heteroatoms. The van der Waals surface area contributed by atoms with Gasteiger partial charge >= 0.3 is 0 Å². The number of hydrazone groups is 1. The molecule has 0 radical (unpaired) electrons. The second-order valence-corrected chi connectivity index (χ2v) is 12.9. The fraction of sp³-hybridized carbons (Fsp3) is 0.206. The smallest absolute Gasteiger partial charge is 0.296 e. The van der Waals surface area contributed by atoms with Crippen LogP contribution in [0.4, 0.5) is 5.69 Å². The molecule has 0 saturated carbocycles. The molecule has 0 spiro atoms. The van der Waals surface area contributed by atoms with Gasteiger partial charge in [0.15, 0.2) is 0 Å². The van der Waals surface area contributed by atoms with Gasteiger partial charge in [0.25, 0.3) is 21.5 Å². The van der Waals surface area contributed by atoms with Gasteiger partial charge in [-0.25, -0.2) is 22.8 Å². The van der Waals surface area contributed by atoms with Crippen molar-refractivity contribution < 1.29 is 13.2 Å². The van der Waals surface area contributed by atoms with E-state index < -0.39 is 28.0 Å². The molecular weight excluding hydrogens is 588 g/mol. The van der Waals surface area contributed by atoms with Gasteiger partial charge < -0.3 is 4.57 Å². The average molecular weight is 625 g/mol. The average Bonchev–Trinajstić information content (AvgIpc) is 3.41. The van der Waals surface area contributed by atoms with Crippen molar-refractivity contribution in [3.05, 3.63) is 129 Å². The summed E-state index contributed by atoms with van der Waals surface area (Å²) in [4.78, 5) is 27.0. The molecule has 2 heterocycles. The summed E-state index contributed by atoms with van der Waals surface area (Å²) in [5.74, 6) is -0.706. The number of sulfonamides is 1. The van der Waals surface area contributed by atoms with E-state index in [1.165, 1.54) is 23.0 Å². The Hall–Kier alpha value is -5.16. The molecule has 0 fully saturated rings. The van der Waals surface area contributed by atoms with E-state index in [4.69, 9.17) is 0 Å². The highest BCUT2D eigenvalue weighted by Gasteiger charge is 2.33. The van der Waals surface area contributed by atoms with Gasteiger partial charge in [0, 0.05) is 29.7 Å². The van der Waals surface area contributed by atoms with E-state index >= 15 is 0 Å². The van der Waals surface area contributed by atoms with E-state index in [0.29, 0.717) is 11.4 Å². The van der Waals surface area contributed by atoms with Crippen molar-refractivity contribution in [1.82, 2.24) is 19.4 Å². The lowest BCUT2D eigenvalue weighted by atomic mass is 10.1. The highest BCUT2D eigenvalue weighted by molar-refractivity contribution is 7.92. The summed E-state index contributed by atoms with van der Waals surface area (Å²) < 4.78 is 33.8. The Morgan fingerprint density at radius 3 is 2.07 bits per heavy atom. The molecule has 45 heavy (non-hydrogen) atoms. The SMILES string of the molecule is Cc1cc(C)cc(-n2c(C)cc(/C=N/NC(=O)CN(c3c(C)n(C)n(-c4ccccc4)c3=O)S(=O)(=O)c3ccccc3)c2C)c1. The molecular formula is C34H36N6O4S. The number of benzene rings is 3. The zero-order valence-electron chi connectivity index (χ0n) is 26.1. The first kappa shape index (κ1) is 31.3. The number of aryl methyl sites for hydroxylation is 3. The van der Waals surface area contributed by atoms with Crippen molar-refractivity contribution in [2.45, 2.75) is 39.5 Å². The molecule has 5 rings (SSSR count). The lowest BCUT2D eigenvalue weighted by molar-refractivity contribution is -0.119. The Labute approximate surface area is 262 Å². The Morgan fingerprint density at radius 1 is 0.844 bits per heavy atom. The maximum absolute atomic E-state index is 13.9. The van der Waals surface area contributed by atoms with Crippen LogP contribution in [0.15, 0.2) is 99.7 Å². The van der Waals surface area contributed by atoms with Gasteiger partial charge in [-0.05, 0) is 88.2 Å². The zero-order chi connectivity index (χ0) is 32.5. The number of amides is 1. The minimum atomic E-state index is -4.31. The zero-order valence-corrected chi connectivity index (χ0v) is 27.0. The molecule has 232 valence electrons. The van der Waals surface area contributed by atoms with Crippen molar-refractivity contribution in [2.24, 2.45) is 12.1 Å². The van der Waals surface area contributed by atoms with Crippen LogP contribution < -0.4 is 15.3 Å². The summed E-state index contributed by atoms with van der Waals surface area (Å²) in [7, 11) is -2.65. The summed E-state index contributed by atoms with van der Waals surface area (Å²) in [6.45, 7) is 9.06. The third-order valence-corrected chi connectivity index (χ3v) is 9.48. The van der Waals surface area contributed by atoms with E-state index in [2.05, 4.69) is 47.1 Å². The fourth-order valence-corrected chi connectivity index (χ4v) is 7.07. The van der Waals surface area contributed by atoms with Crippen molar-refractivity contribution in [3.63, 3.8) is 0 Å². The summed E-state index contributed by atoms with van der Waals surface area (Å²) in [5.41, 5.74) is 8.77. The van der Waals surface area contributed by atoms with Crippen molar-refractivity contribution in [1.29, 1.82) is 0 Å². The first-order chi connectivity index (χ1) is 21.4. The number of nitrogens with zero attached hydrogens (tertiary/aromatic N) is 5. The van der Waals surface area contributed by atoms with Crippen LogP contribution in [0.25, 0.3) is 11.4 Å². The van der Waals surface area contributed by atoms with E-state index in [1.807, 2.05) is 26.0 Å². The van der Waals surface area contributed by atoms with E-state index in [-0.39, 0.29) is 10.6 Å². The number of hydrogen-bond donors (Lipinski definition) is 1. The van der Waals surface area contributed by atoms with Crippen LogP contribution >= 0.6 is 0 Å². The minimum absolute atomic E-state index is 0.0472. The van der Waals surface area contributed by atoms with Crippen LogP contribution in [0.1, 0.15) is 33.8 Å². The number of aromatic nitrogens is 3. The Kier molecular flexibility index (Phi) is 8.65. The monoisotopic (exact) mass is 624 g/mol. The van der Waals surface area contributed by atoms with Crippen LogP contribution in [0, 0.1) is 34.6 Å². The van der Waals surface area contributed by atoms with Crippen molar-refractivity contribution in [3.8, 4) is 11.4 Å². The standard InChI is InChI=1S/C34H36N6O4S/c1-23-17-24(2)19-30(18-23)39-25(3)20-28(26(39)4)21-35-36-32(41)22-38(45(43,44)31-15-11-8-12-16-31)33-27(5)37(6)40(34(33)42)29-13-9-7-10-14-29/h7-21H,22H2,1-6H3,(H,36,41)/b35-21+. The van der Waals surface area contributed by atoms with E-state index in [9.17, 15) is 18.0 Å². The Balaban J connectivity index is 1.47. The minimum Gasteiger partial charge on any atom is -0.318 e. The predicted molar refractivity (Wildman–Crippen MR) is 177 cm³/mol. The molecule has 0 unspecified atom stereocenters.